The third kappa shape index (κ3) is 2.58. The molecule has 2 heterocycles. The normalized spacial score (nSPS) is 21.9. The number of carbonyl (C=O) groups is 1. The summed E-state index contributed by atoms with van der Waals surface area (Å²) >= 11 is 0. The minimum atomic E-state index is 0.166. The molecule has 1 unspecified atom stereocenters. The van der Waals surface area contributed by atoms with E-state index >= 15 is 0 Å². The van der Waals surface area contributed by atoms with E-state index in [1.807, 2.05) is 30.1 Å². The zero-order valence-electron chi connectivity index (χ0n) is 12.0. The van der Waals surface area contributed by atoms with Gasteiger partial charge in [-0.1, -0.05) is 6.07 Å². The van der Waals surface area contributed by atoms with Gasteiger partial charge in [0, 0.05) is 24.7 Å². The van der Waals surface area contributed by atoms with Crippen LogP contribution < -0.4 is 5.32 Å². The summed E-state index contributed by atoms with van der Waals surface area (Å²) in [5.74, 6) is 0.166. The highest BCUT2D eigenvalue weighted by molar-refractivity contribution is 5.94. The first-order valence-electron chi connectivity index (χ1n) is 7.44. The van der Waals surface area contributed by atoms with Crippen LogP contribution in [0.3, 0.4) is 0 Å². The quantitative estimate of drug-likeness (QED) is 0.915. The zero-order chi connectivity index (χ0) is 13.9. The van der Waals surface area contributed by atoms with Gasteiger partial charge in [0.2, 0.25) is 0 Å². The number of fused-ring (bicyclic) bond motifs is 1. The molecule has 1 fully saturated rings. The van der Waals surface area contributed by atoms with Gasteiger partial charge in [-0.25, -0.2) is 0 Å². The fraction of sp³-hybridized carbons (Fsp3) is 0.562. The van der Waals surface area contributed by atoms with Gasteiger partial charge in [-0.2, -0.15) is 0 Å². The Labute approximate surface area is 120 Å². The first-order valence-corrected chi connectivity index (χ1v) is 7.44. The molecule has 0 aromatic heterocycles. The van der Waals surface area contributed by atoms with Crippen molar-refractivity contribution in [2.75, 3.05) is 20.1 Å². The topological polar surface area (TPSA) is 41.6 Å². The largest absolute Gasteiger partial charge is 0.372 e. The third-order valence-corrected chi connectivity index (χ3v) is 4.30. The van der Waals surface area contributed by atoms with Crippen molar-refractivity contribution in [1.82, 2.24) is 10.2 Å². The summed E-state index contributed by atoms with van der Waals surface area (Å²) < 4.78 is 5.42. The van der Waals surface area contributed by atoms with Crippen molar-refractivity contribution in [3.8, 4) is 0 Å². The van der Waals surface area contributed by atoms with Gasteiger partial charge < -0.3 is 15.0 Å². The molecule has 0 aliphatic carbocycles. The Morgan fingerprint density at radius 3 is 3.05 bits per heavy atom. The summed E-state index contributed by atoms with van der Waals surface area (Å²) in [5.41, 5.74) is 3.18. The number of hydrogen-bond donors (Lipinski definition) is 1. The van der Waals surface area contributed by atoms with Gasteiger partial charge in [-0.15, -0.1) is 0 Å². The number of nitrogens with zero attached hydrogens (tertiary/aromatic N) is 1. The second-order valence-electron chi connectivity index (χ2n) is 5.68. The molecule has 1 aromatic rings. The molecule has 1 N–H and O–H groups in total. The Morgan fingerprint density at radius 1 is 1.35 bits per heavy atom. The van der Waals surface area contributed by atoms with E-state index in [4.69, 9.17) is 4.74 Å². The lowest BCUT2D eigenvalue weighted by atomic mass is 9.99. The summed E-state index contributed by atoms with van der Waals surface area (Å²) in [6.45, 7) is 3.06. The third-order valence-electron chi connectivity index (χ3n) is 4.30. The summed E-state index contributed by atoms with van der Waals surface area (Å²) in [6.07, 6.45) is 3.43. The maximum absolute atomic E-state index is 12.7. The van der Waals surface area contributed by atoms with E-state index in [1.54, 1.807) is 0 Å². The first-order chi connectivity index (χ1) is 9.79. The smallest absolute Gasteiger partial charge is 0.254 e. The molecule has 3 rings (SSSR count). The van der Waals surface area contributed by atoms with Gasteiger partial charge in [0.1, 0.15) is 0 Å². The van der Waals surface area contributed by atoms with Crippen molar-refractivity contribution in [3.05, 3.63) is 34.9 Å². The monoisotopic (exact) mass is 274 g/mol. The minimum Gasteiger partial charge on any atom is -0.372 e. The van der Waals surface area contributed by atoms with E-state index in [2.05, 4.69) is 5.32 Å². The number of rotatable bonds is 3. The van der Waals surface area contributed by atoms with Crippen LogP contribution in [0.1, 0.15) is 40.7 Å². The Hall–Kier alpha value is -1.39. The van der Waals surface area contributed by atoms with Gasteiger partial charge in [0.15, 0.2) is 0 Å². The lowest BCUT2D eigenvalue weighted by molar-refractivity contribution is 0.0615. The van der Waals surface area contributed by atoms with Crippen LogP contribution in [-0.2, 0) is 18.0 Å². The highest BCUT2D eigenvalue weighted by Gasteiger charge is 2.27. The number of ether oxygens (including phenoxy) is 1. The average Bonchev–Trinajstić information content (AvgIpc) is 2.95. The fourth-order valence-corrected chi connectivity index (χ4v) is 3.19. The minimum absolute atomic E-state index is 0.166. The lowest BCUT2D eigenvalue weighted by Crippen LogP contribution is -2.48. The molecule has 0 radical (unpaired) electrons. The molecule has 1 saturated heterocycles. The van der Waals surface area contributed by atoms with Crippen LogP contribution >= 0.6 is 0 Å². The zero-order valence-corrected chi connectivity index (χ0v) is 12.0. The van der Waals surface area contributed by atoms with Crippen molar-refractivity contribution in [1.29, 1.82) is 0 Å². The van der Waals surface area contributed by atoms with Crippen LogP contribution in [0, 0.1) is 0 Å². The molecule has 2 aliphatic heterocycles. The van der Waals surface area contributed by atoms with E-state index in [1.165, 1.54) is 12.0 Å². The summed E-state index contributed by atoms with van der Waals surface area (Å²) in [7, 11) is 1.95. The number of likely N-dealkylation sites (tertiary alicyclic amines) is 1. The predicted molar refractivity (Wildman–Crippen MR) is 77.5 cm³/mol. The molecule has 1 aromatic carbocycles. The summed E-state index contributed by atoms with van der Waals surface area (Å²) in [6, 6.07) is 6.31. The van der Waals surface area contributed by atoms with Crippen molar-refractivity contribution >= 4 is 5.91 Å². The van der Waals surface area contributed by atoms with Gasteiger partial charge in [0.05, 0.1) is 13.2 Å². The van der Waals surface area contributed by atoms with Gasteiger partial charge in [0.25, 0.3) is 5.91 Å². The lowest BCUT2D eigenvalue weighted by Gasteiger charge is -2.36. The SMILES string of the molecule is CNCC1CCCCN1C(=O)c1ccc2c(c1)COC2. The highest BCUT2D eigenvalue weighted by Crippen LogP contribution is 2.24. The highest BCUT2D eigenvalue weighted by atomic mass is 16.5. The number of carbonyl (C=O) groups excluding carboxylic acids is 1. The first kappa shape index (κ1) is 13.6. The molecule has 1 atom stereocenters. The predicted octanol–water partition coefficient (Wildman–Crippen LogP) is 1.93. The standard InChI is InChI=1S/C16H22N2O2/c1-17-9-15-4-2-3-7-18(15)16(19)12-5-6-13-10-20-11-14(13)8-12/h5-6,8,15,17H,2-4,7,9-11H2,1H3. The molecule has 0 spiro atoms. The molecule has 0 saturated carbocycles. The van der Waals surface area contributed by atoms with Crippen LogP contribution in [0.15, 0.2) is 18.2 Å². The van der Waals surface area contributed by atoms with E-state index in [-0.39, 0.29) is 5.91 Å². The maximum atomic E-state index is 12.7. The van der Waals surface area contributed by atoms with Crippen molar-refractivity contribution in [3.63, 3.8) is 0 Å². The number of nitrogens with one attached hydrogen (secondary N) is 1. The van der Waals surface area contributed by atoms with Crippen LogP contribution in [0.25, 0.3) is 0 Å². The summed E-state index contributed by atoms with van der Waals surface area (Å²) in [5, 5.41) is 3.20. The number of likely N-dealkylation sites (N-methyl/N-ethyl adjacent to an activating group) is 1. The Bertz CT molecular complexity index is 499. The second-order valence-corrected chi connectivity index (χ2v) is 5.68. The number of amides is 1. The Balaban J connectivity index is 1.80. The molecule has 4 nitrogen and oxygen atoms in total. The summed E-state index contributed by atoms with van der Waals surface area (Å²) in [4.78, 5) is 14.8. The van der Waals surface area contributed by atoms with E-state index in [9.17, 15) is 4.79 Å². The fourth-order valence-electron chi connectivity index (χ4n) is 3.19. The van der Waals surface area contributed by atoms with Crippen molar-refractivity contribution in [2.45, 2.75) is 38.5 Å². The number of hydrogen-bond acceptors (Lipinski definition) is 3. The molecule has 108 valence electrons. The molecular weight excluding hydrogens is 252 g/mol. The average molecular weight is 274 g/mol. The van der Waals surface area contributed by atoms with Gasteiger partial charge >= 0.3 is 0 Å². The van der Waals surface area contributed by atoms with Crippen LogP contribution in [0.2, 0.25) is 0 Å². The van der Waals surface area contributed by atoms with Crippen LogP contribution in [0.4, 0.5) is 0 Å². The van der Waals surface area contributed by atoms with Crippen molar-refractivity contribution < 1.29 is 9.53 Å². The Kier molecular flexibility index (Phi) is 4.03. The van der Waals surface area contributed by atoms with E-state index < -0.39 is 0 Å². The number of benzene rings is 1. The molecule has 4 heteroatoms. The molecule has 2 aliphatic rings. The molecule has 20 heavy (non-hydrogen) atoms. The molecule has 1 amide bonds. The van der Waals surface area contributed by atoms with Gasteiger partial charge in [-0.3, -0.25) is 4.79 Å². The second kappa shape index (κ2) is 5.94. The number of piperidine rings is 1. The Morgan fingerprint density at radius 2 is 2.20 bits per heavy atom. The molecule has 0 bridgehead atoms. The van der Waals surface area contributed by atoms with E-state index in [0.717, 1.165) is 37.1 Å². The van der Waals surface area contributed by atoms with E-state index in [0.29, 0.717) is 19.3 Å². The van der Waals surface area contributed by atoms with Gasteiger partial charge in [-0.05, 0) is 49.6 Å². The maximum Gasteiger partial charge on any atom is 0.254 e. The molecular formula is C16H22N2O2. The van der Waals surface area contributed by atoms with Crippen LogP contribution in [-0.4, -0.2) is 37.0 Å². The van der Waals surface area contributed by atoms with Crippen molar-refractivity contribution in [2.24, 2.45) is 0 Å². The van der Waals surface area contributed by atoms with Crippen LogP contribution in [0.5, 0.6) is 0 Å².